The number of likely N-dealkylation sites (N-methyl/N-ethyl adjacent to an activating group) is 1. The molecule has 1 aromatic rings. The molecule has 0 aromatic carbocycles. The molecule has 1 amide bonds. The lowest BCUT2D eigenvalue weighted by Gasteiger charge is -2.38. The highest BCUT2D eigenvalue weighted by molar-refractivity contribution is 5.81. The molecular weight excluding hydrogens is 266 g/mol. The number of aromatic nitrogens is 1. The number of anilines is 1. The van der Waals surface area contributed by atoms with Crippen molar-refractivity contribution in [3.63, 3.8) is 0 Å². The van der Waals surface area contributed by atoms with Crippen molar-refractivity contribution in [2.24, 2.45) is 5.92 Å². The molecule has 0 radical (unpaired) electrons. The Morgan fingerprint density at radius 2 is 2.19 bits per heavy atom. The lowest BCUT2D eigenvalue weighted by molar-refractivity contribution is -0.133. The number of piperidine rings is 1. The first-order valence-electron chi connectivity index (χ1n) is 7.71. The Kier molecular flexibility index (Phi) is 3.99. The molecule has 0 N–H and O–H groups in total. The van der Waals surface area contributed by atoms with Crippen LogP contribution in [0.5, 0.6) is 5.88 Å². The zero-order valence-electron chi connectivity index (χ0n) is 12.8. The number of carbonyl (C=O) groups excluding carboxylic acids is 1. The number of hydrogen-bond donors (Lipinski definition) is 0. The second kappa shape index (κ2) is 5.92. The van der Waals surface area contributed by atoms with Crippen molar-refractivity contribution in [1.82, 2.24) is 9.88 Å². The fourth-order valence-corrected chi connectivity index (χ4v) is 2.97. The monoisotopic (exact) mass is 289 g/mol. The lowest BCUT2D eigenvalue weighted by atomic mass is 10.0. The van der Waals surface area contributed by atoms with Crippen molar-refractivity contribution in [3.8, 4) is 5.88 Å². The molecule has 2 aliphatic rings. The molecule has 3 rings (SSSR count). The average molecular weight is 289 g/mol. The zero-order valence-corrected chi connectivity index (χ0v) is 12.8. The smallest absolute Gasteiger partial charge is 0.225 e. The summed E-state index contributed by atoms with van der Waals surface area (Å²) in [7, 11) is 3.58. The Labute approximate surface area is 125 Å². The van der Waals surface area contributed by atoms with Crippen LogP contribution < -0.4 is 9.64 Å². The van der Waals surface area contributed by atoms with E-state index in [2.05, 4.69) is 9.88 Å². The Bertz CT molecular complexity index is 516. The summed E-state index contributed by atoms with van der Waals surface area (Å²) in [6.45, 7) is 1.84. The van der Waals surface area contributed by atoms with Crippen LogP contribution in [0.15, 0.2) is 18.2 Å². The van der Waals surface area contributed by atoms with Gasteiger partial charge in [0.1, 0.15) is 5.82 Å². The number of amides is 1. The predicted octanol–water partition coefficient (Wildman–Crippen LogP) is 1.93. The summed E-state index contributed by atoms with van der Waals surface area (Å²) in [6.07, 6.45) is 4.30. The molecule has 2 fully saturated rings. The molecule has 1 saturated carbocycles. The van der Waals surface area contributed by atoms with Crippen LogP contribution >= 0.6 is 0 Å². The molecule has 114 valence electrons. The fourth-order valence-electron chi connectivity index (χ4n) is 2.97. The highest BCUT2D eigenvalue weighted by atomic mass is 16.5. The molecule has 21 heavy (non-hydrogen) atoms. The van der Waals surface area contributed by atoms with Crippen molar-refractivity contribution < 1.29 is 9.53 Å². The molecule has 0 spiro atoms. The number of carbonyl (C=O) groups is 1. The minimum atomic E-state index is 0.292. The van der Waals surface area contributed by atoms with Gasteiger partial charge in [0.15, 0.2) is 0 Å². The minimum absolute atomic E-state index is 0.292. The maximum absolute atomic E-state index is 12.2. The summed E-state index contributed by atoms with van der Waals surface area (Å²) in [5, 5.41) is 0. The van der Waals surface area contributed by atoms with Crippen LogP contribution in [-0.4, -0.2) is 49.1 Å². The van der Waals surface area contributed by atoms with Crippen molar-refractivity contribution in [3.05, 3.63) is 18.2 Å². The Hall–Kier alpha value is -1.78. The van der Waals surface area contributed by atoms with Gasteiger partial charge in [-0.3, -0.25) is 4.79 Å². The molecule has 5 nitrogen and oxygen atoms in total. The minimum Gasteiger partial charge on any atom is -0.481 e. The number of pyridine rings is 1. The highest BCUT2D eigenvalue weighted by Gasteiger charge is 2.35. The summed E-state index contributed by atoms with van der Waals surface area (Å²) in [5.74, 6) is 2.18. The average Bonchev–Trinajstić information content (AvgIpc) is 3.38. The Morgan fingerprint density at radius 3 is 2.90 bits per heavy atom. The summed E-state index contributed by atoms with van der Waals surface area (Å²) >= 11 is 0. The maximum Gasteiger partial charge on any atom is 0.225 e. The number of methoxy groups -OCH3 is 1. The first-order valence-corrected chi connectivity index (χ1v) is 7.71. The molecule has 1 aliphatic heterocycles. The predicted molar refractivity (Wildman–Crippen MR) is 81.5 cm³/mol. The van der Waals surface area contributed by atoms with Gasteiger partial charge in [-0.15, -0.1) is 0 Å². The first kappa shape index (κ1) is 14.2. The maximum atomic E-state index is 12.2. The molecular formula is C16H23N3O2. The Balaban J connectivity index is 1.68. The Morgan fingerprint density at radius 1 is 1.38 bits per heavy atom. The second-order valence-corrected chi connectivity index (χ2v) is 6.00. The van der Waals surface area contributed by atoms with E-state index in [4.69, 9.17) is 4.74 Å². The van der Waals surface area contributed by atoms with Crippen LogP contribution in [0.3, 0.4) is 0 Å². The number of ether oxygens (including phenoxy) is 1. The molecule has 0 bridgehead atoms. The van der Waals surface area contributed by atoms with Gasteiger partial charge in [0.05, 0.1) is 7.11 Å². The quantitative estimate of drug-likeness (QED) is 0.849. The largest absolute Gasteiger partial charge is 0.481 e. The van der Waals surface area contributed by atoms with E-state index >= 15 is 0 Å². The van der Waals surface area contributed by atoms with Gasteiger partial charge in [-0.1, -0.05) is 6.07 Å². The standard InChI is InChI=1S/C16H23N3O2/c1-18(16(20)12-8-9-12)13-5-4-10-19(11-13)14-6-3-7-15(17-14)21-2/h3,6-7,12-13H,4-5,8-11H2,1-2H3. The van der Waals surface area contributed by atoms with Crippen LogP contribution in [0.1, 0.15) is 25.7 Å². The zero-order chi connectivity index (χ0) is 14.8. The summed E-state index contributed by atoms with van der Waals surface area (Å²) < 4.78 is 5.20. The second-order valence-electron chi connectivity index (χ2n) is 6.00. The SMILES string of the molecule is COc1cccc(N2CCCC(N(C)C(=O)C3CC3)C2)n1. The van der Waals surface area contributed by atoms with Crippen LogP contribution in [-0.2, 0) is 4.79 Å². The topological polar surface area (TPSA) is 45.7 Å². The molecule has 1 aromatic heterocycles. The highest BCUT2D eigenvalue weighted by Crippen LogP contribution is 2.32. The van der Waals surface area contributed by atoms with Gasteiger partial charge >= 0.3 is 0 Å². The van der Waals surface area contributed by atoms with Gasteiger partial charge in [0, 0.05) is 38.2 Å². The third kappa shape index (κ3) is 3.12. The van der Waals surface area contributed by atoms with E-state index in [9.17, 15) is 4.79 Å². The van der Waals surface area contributed by atoms with E-state index in [1.54, 1.807) is 7.11 Å². The molecule has 5 heteroatoms. The lowest BCUT2D eigenvalue weighted by Crippen LogP contribution is -2.49. The van der Waals surface area contributed by atoms with Crippen LogP contribution in [0.4, 0.5) is 5.82 Å². The third-order valence-corrected chi connectivity index (χ3v) is 4.46. The number of nitrogens with zero attached hydrogens (tertiary/aromatic N) is 3. The van der Waals surface area contributed by atoms with Gasteiger partial charge in [0.25, 0.3) is 0 Å². The van der Waals surface area contributed by atoms with Gasteiger partial charge < -0.3 is 14.5 Å². The van der Waals surface area contributed by atoms with E-state index in [-0.39, 0.29) is 0 Å². The van der Waals surface area contributed by atoms with Gasteiger partial charge in [-0.25, -0.2) is 0 Å². The molecule has 2 heterocycles. The fraction of sp³-hybridized carbons (Fsp3) is 0.625. The molecule has 1 aliphatic carbocycles. The van der Waals surface area contributed by atoms with Crippen molar-refractivity contribution in [2.75, 3.05) is 32.1 Å². The van der Waals surface area contributed by atoms with Crippen LogP contribution in [0, 0.1) is 5.92 Å². The van der Waals surface area contributed by atoms with E-state index in [1.807, 2.05) is 30.1 Å². The van der Waals surface area contributed by atoms with E-state index in [0.717, 1.165) is 44.6 Å². The van der Waals surface area contributed by atoms with Crippen LogP contribution in [0.25, 0.3) is 0 Å². The van der Waals surface area contributed by atoms with E-state index in [0.29, 0.717) is 23.7 Å². The third-order valence-electron chi connectivity index (χ3n) is 4.46. The number of hydrogen-bond acceptors (Lipinski definition) is 4. The summed E-state index contributed by atoms with van der Waals surface area (Å²) in [4.78, 5) is 20.9. The summed E-state index contributed by atoms with van der Waals surface area (Å²) in [5.41, 5.74) is 0. The molecule has 1 atom stereocenters. The summed E-state index contributed by atoms with van der Waals surface area (Å²) in [6, 6.07) is 6.12. The van der Waals surface area contributed by atoms with Gasteiger partial charge in [0.2, 0.25) is 11.8 Å². The van der Waals surface area contributed by atoms with Gasteiger partial charge in [-0.05, 0) is 31.7 Å². The van der Waals surface area contributed by atoms with Gasteiger partial charge in [-0.2, -0.15) is 4.98 Å². The number of rotatable bonds is 4. The van der Waals surface area contributed by atoms with Crippen molar-refractivity contribution in [2.45, 2.75) is 31.7 Å². The molecule has 1 saturated heterocycles. The van der Waals surface area contributed by atoms with E-state index in [1.165, 1.54) is 0 Å². The first-order chi connectivity index (χ1) is 10.2. The normalized spacial score (nSPS) is 22.0. The molecule has 1 unspecified atom stereocenters. The van der Waals surface area contributed by atoms with E-state index < -0.39 is 0 Å². The van der Waals surface area contributed by atoms with Crippen molar-refractivity contribution >= 4 is 11.7 Å². The van der Waals surface area contributed by atoms with Crippen LogP contribution in [0.2, 0.25) is 0 Å². The van der Waals surface area contributed by atoms with Crippen molar-refractivity contribution in [1.29, 1.82) is 0 Å².